The summed E-state index contributed by atoms with van der Waals surface area (Å²) in [6.07, 6.45) is 6.41. The fraction of sp³-hybridized carbons (Fsp3) is 0.382. The van der Waals surface area contributed by atoms with Gasteiger partial charge in [0.15, 0.2) is 0 Å². The zero-order valence-electron chi connectivity index (χ0n) is 54.9. The average molecular weight is 1490 g/mol. The Kier molecular flexibility index (Phi) is 38.7. The first-order valence-corrected chi connectivity index (χ1v) is 33.7. The van der Waals surface area contributed by atoms with Crippen molar-refractivity contribution in [1.82, 2.24) is 29.4 Å². The standard InChI is InChI=1S/2C26H32ClN3O3S.4C4H4O4.H2O/c2*27-21-5-6-24-20(17-21)18-23(22-3-1-2-4-25(22)34-24)30-9-7-28(8-10-30)13-16-33-26(31)19-29-11-14-32-15-12-29;4*5-3(6)1-2-4(7)8;/h2*1-6,17,23H,7-16,18-19H2;4*1-2H,(H,5,6)(H,7,8);1H2/b;;4*2-1-;. The van der Waals surface area contributed by atoms with E-state index in [-0.39, 0.29) is 17.4 Å². The van der Waals surface area contributed by atoms with Crippen LogP contribution in [0.25, 0.3) is 0 Å². The highest BCUT2D eigenvalue weighted by Gasteiger charge is 2.32. The summed E-state index contributed by atoms with van der Waals surface area (Å²) >= 11 is 16.4. The summed E-state index contributed by atoms with van der Waals surface area (Å²) in [5.41, 5.74) is 5.47. The number of esters is 2. The Morgan fingerprint density at radius 3 is 0.970 bits per heavy atom. The molecule has 4 saturated heterocycles. The maximum absolute atomic E-state index is 12.1. The minimum atomic E-state index is -1.26. The van der Waals surface area contributed by atoms with E-state index in [0.717, 1.165) is 115 Å². The van der Waals surface area contributed by atoms with Crippen molar-refractivity contribution in [2.75, 3.05) is 144 Å². The highest BCUT2D eigenvalue weighted by Crippen LogP contribution is 2.45. The Balaban J connectivity index is 0.000000299. The highest BCUT2D eigenvalue weighted by atomic mass is 35.5. The summed E-state index contributed by atoms with van der Waals surface area (Å²) in [4.78, 5) is 120. The number of nitrogens with zero attached hydrogens (tertiary/aromatic N) is 6. The number of carbonyl (C=O) groups excluding carboxylic acids is 2. The molecular weight excluding hydrogens is 1400 g/mol. The van der Waals surface area contributed by atoms with Gasteiger partial charge in [0.2, 0.25) is 0 Å². The number of piperazine rings is 2. The summed E-state index contributed by atoms with van der Waals surface area (Å²) in [5, 5.41) is 64.1. The highest BCUT2D eigenvalue weighted by molar-refractivity contribution is 7.99. The second-order valence-corrected chi connectivity index (χ2v) is 25.3. The van der Waals surface area contributed by atoms with Crippen molar-refractivity contribution in [3.05, 3.63) is 166 Å². The number of carboxylic acids is 8. The van der Waals surface area contributed by atoms with Gasteiger partial charge in [0.25, 0.3) is 0 Å². The first kappa shape index (κ1) is 84.9. The van der Waals surface area contributed by atoms with Gasteiger partial charge in [-0.05, 0) is 83.6 Å². The minimum absolute atomic E-state index is 0. The fourth-order valence-electron chi connectivity index (χ4n) is 10.6. The van der Waals surface area contributed by atoms with Gasteiger partial charge in [0.1, 0.15) is 13.2 Å². The van der Waals surface area contributed by atoms with E-state index >= 15 is 0 Å². The second kappa shape index (κ2) is 46.1. The third-order valence-corrected chi connectivity index (χ3v) is 18.2. The number of hydrogen-bond acceptors (Lipinski definition) is 22. The van der Waals surface area contributed by atoms with Gasteiger partial charge in [-0.15, -0.1) is 0 Å². The largest absolute Gasteiger partial charge is 0.478 e. The van der Waals surface area contributed by atoms with Crippen LogP contribution in [0.3, 0.4) is 0 Å². The predicted molar refractivity (Wildman–Crippen MR) is 371 cm³/mol. The van der Waals surface area contributed by atoms with Gasteiger partial charge in [-0.25, -0.2) is 38.4 Å². The van der Waals surface area contributed by atoms with Crippen molar-refractivity contribution in [3.63, 3.8) is 0 Å². The monoisotopic (exact) mass is 1480 g/mol. The topological polar surface area (TPSA) is 420 Å². The Labute approximate surface area is 600 Å². The molecule has 4 fully saturated rings. The molecule has 0 amide bonds. The number of fused-ring (bicyclic) bond motifs is 4. The number of carbonyl (C=O) groups is 10. The fourth-order valence-corrected chi connectivity index (χ4v) is 13.2. The Hall–Kier alpha value is -8.54. The van der Waals surface area contributed by atoms with Crippen LogP contribution in [0.2, 0.25) is 10.0 Å². The van der Waals surface area contributed by atoms with E-state index in [1.54, 1.807) is 0 Å². The van der Waals surface area contributed by atoms with Gasteiger partial charge in [-0.2, -0.15) is 0 Å². The molecule has 101 heavy (non-hydrogen) atoms. The van der Waals surface area contributed by atoms with E-state index < -0.39 is 47.8 Å². The van der Waals surface area contributed by atoms with E-state index in [0.29, 0.717) is 113 Å². The van der Waals surface area contributed by atoms with Gasteiger partial charge < -0.3 is 65.3 Å². The van der Waals surface area contributed by atoms with Crippen molar-refractivity contribution in [1.29, 1.82) is 0 Å². The normalized spacial score (nSPS) is 17.8. The summed E-state index contributed by atoms with van der Waals surface area (Å²) in [6, 6.07) is 30.8. The molecular formula is C68H82Cl2N6O23S2. The van der Waals surface area contributed by atoms with E-state index in [9.17, 15) is 47.9 Å². The Bertz CT molecular complexity index is 3180. The van der Waals surface area contributed by atoms with Crippen molar-refractivity contribution in [2.45, 2.75) is 44.5 Å². The summed E-state index contributed by atoms with van der Waals surface area (Å²) in [7, 11) is 0. The first-order chi connectivity index (χ1) is 47.8. The molecule has 0 aromatic heterocycles. The molecule has 6 aliphatic heterocycles. The van der Waals surface area contributed by atoms with Crippen LogP contribution in [0, 0.1) is 0 Å². The van der Waals surface area contributed by atoms with Crippen LogP contribution in [0.15, 0.2) is 153 Å². The molecule has 4 aromatic rings. The Morgan fingerprint density at radius 2 is 0.683 bits per heavy atom. The predicted octanol–water partition coefficient (Wildman–Crippen LogP) is 5.19. The molecule has 6 heterocycles. The van der Waals surface area contributed by atoms with Gasteiger partial charge in [0.05, 0.1) is 39.5 Å². The molecule has 33 heteroatoms. The number of benzene rings is 4. The van der Waals surface area contributed by atoms with Crippen LogP contribution in [0.4, 0.5) is 0 Å². The molecule has 10 rings (SSSR count). The van der Waals surface area contributed by atoms with Crippen molar-refractivity contribution in [2.24, 2.45) is 0 Å². The lowest BCUT2D eigenvalue weighted by Gasteiger charge is -2.39. The first-order valence-electron chi connectivity index (χ1n) is 31.3. The van der Waals surface area contributed by atoms with Crippen LogP contribution in [-0.4, -0.2) is 280 Å². The SMILES string of the molecule is O.O=C(CN1CCOCC1)OCCN1CCN(C2Cc3cc(Cl)ccc3Sc3ccccc32)CC1.O=C(CN1CCOCC1)OCCN1CCN(C2Cc3cc(Cl)ccc3Sc3ccccc32)CC1.O=C(O)/C=C\C(=O)O.O=C(O)/C=C\C(=O)O.O=C(O)/C=C\C(=O)O.O=C(O)/C=C\C(=O)O. The molecule has 0 aliphatic carbocycles. The maximum atomic E-state index is 12.1. The van der Waals surface area contributed by atoms with Crippen LogP contribution < -0.4 is 0 Å². The number of morpholine rings is 2. The molecule has 4 aromatic carbocycles. The minimum Gasteiger partial charge on any atom is -0.478 e. The lowest BCUT2D eigenvalue weighted by molar-refractivity contribution is -0.147. The van der Waals surface area contributed by atoms with Crippen LogP contribution in [-0.2, 0) is 79.7 Å². The lowest BCUT2D eigenvalue weighted by atomic mass is 9.96. The smallest absolute Gasteiger partial charge is 0.328 e. The van der Waals surface area contributed by atoms with Crippen LogP contribution in [0.5, 0.6) is 0 Å². The van der Waals surface area contributed by atoms with Gasteiger partial charge in [-0.3, -0.25) is 39.0 Å². The average Bonchev–Trinajstić information content (AvgIpc) is 1.69. The molecule has 6 aliphatic rings. The number of hydrogen-bond donors (Lipinski definition) is 8. The van der Waals surface area contributed by atoms with Crippen LogP contribution in [0.1, 0.15) is 34.3 Å². The number of carboxylic acid groups (broad SMARTS) is 8. The van der Waals surface area contributed by atoms with Gasteiger partial charge in [0, 0.05) is 182 Å². The molecule has 0 spiro atoms. The van der Waals surface area contributed by atoms with E-state index in [2.05, 4.69) is 102 Å². The molecule has 10 N–H and O–H groups in total. The van der Waals surface area contributed by atoms with Gasteiger partial charge in [-0.1, -0.05) is 83.1 Å². The number of rotatable bonds is 20. The molecule has 0 bridgehead atoms. The zero-order valence-corrected chi connectivity index (χ0v) is 58.0. The quantitative estimate of drug-likeness (QED) is 0.0417. The summed E-state index contributed by atoms with van der Waals surface area (Å²) < 4.78 is 21.7. The lowest BCUT2D eigenvalue weighted by Crippen LogP contribution is -2.49. The van der Waals surface area contributed by atoms with E-state index in [1.165, 1.54) is 41.8 Å². The third kappa shape index (κ3) is 33.7. The number of aliphatic carboxylic acids is 8. The maximum Gasteiger partial charge on any atom is 0.328 e. The van der Waals surface area contributed by atoms with E-state index in [4.69, 9.17) is 83.0 Å². The number of ether oxygens (including phenoxy) is 4. The third-order valence-electron chi connectivity index (χ3n) is 15.3. The molecule has 548 valence electrons. The summed E-state index contributed by atoms with van der Waals surface area (Å²) in [6.45, 7) is 17.1. The van der Waals surface area contributed by atoms with Gasteiger partial charge >= 0.3 is 59.7 Å². The zero-order chi connectivity index (χ0) is 72.9. The molecule has 0 radical (unpaired) electrons. The Morgan fingerprint density at radius 1 is 0.396 bits per heavy atom. The molecule has 29 nitrogen and oxygen atoms in total. The van der Waals surface area contributed by atoms with Crippen molar-refractivity contribution < 1.29 is 113 Å². The number of halogens is 2. The molecule has 2 unspecified atom stereocenters. The van der Waals surface area contributed by atoms with Crippen LogP contribution >= 0.6 is 46.7 Å². The molecule has 0 saturated carbocycles. The van der Waals surface area contributed by atoms with Crippen molar-refractivity contribution in [3.8, 4) is 0 Å². The van der Waals surface area contributed by atoms with Crippen molar-refractivity contribution >= 4 is 106 Å². The van der Waals surface area contributed by atoms with E-state index in [1.807, 2.05) is 35.7 Å². The second-order valence-electron chi connectivity index (χ2n) is 22.2. The molecule has 2 atom stereocenters. The summed E-state index contributed by atoms with van der Waals surface area (Å²) in [5.74, 6) is -10.3.